The van der Waals surface area contributed by atoms with Crippen LogP contribution in [0.1, 0.15) is 11.1 Å². The van der Waals surface area contributed by atoms with Crippen molar-refractivity contribution in [2.45, 2.75) is 6.42 Å². The summed E-state index contributed by atoms with van der Waals surface area (Å²) in [7, 11) is 0. The van der Waals surface area contributed by atoms with Crippen molar-refractivity contribution in [1.29, 1.82) is 0 Å². The van der Waals surface area contributed by atoms with Gasteiger partial charge in [-0.05, 0) is 17.5 Å². The van der Waals surface area contributed by atoms with Crippen LogP contribution in [0.15, 0.2) is 29.8 Å². The third-order valence-corrected chi connectivity index (χ3v) is 2.44. The van der Waals surface area contributed by atoms with Crippen molar-refractivity contribution < 1.29 is 0 Å². The Hall–Kier alpha value is -0.690. The number of hydrogen-bond donors (Lipinski definition) is 1. The highest BCUT2D eigenvalue weighted by Gasteiger charge is 2.09. The van der Waals surface area contributed by atoms with Crippen LogP contribution in [0.25, 0.3) is 6.08 Å². The minimum Gasteiger partial charge on any atom is -0.175 e. The van der Waals surface area contributed by atoms with Crippen LogP contribution in [0.2, 0.25) is 0 Å². The highest BCUT2D eigenvalue weighted by molar-refractivity contribution is 7.80. The molecular formula is C10H10S. The van der Waals surface area contributed by atoms with E-state index in [4.69, 9.17) is 0 Å². The van der Waals surface area contributed by atoms with Crippen molar-refractivity contribution in [2.24, 2.45) is 0 Å². The Morgan fingerprint density at radius 2 is 2.09 bits per heavy atom. The van der Waals surface area contributed by atoms with Crippen LogP contribution in [0.4, 0.5) is 0 Å². The summed E-state index contributed by atoms with van der Waals surface area (Å²) in [5.74, 6) is 0.884. The monoisotopic (exact) mass is 162 g/mol. The van der Waals surface area contributed by atoms with Crippen LogP contribution < -0.4 is 0 Å². The van der Waals surface area contributed by atoms with Crippen LogP contribution in [-0.2, 0) is 6.42 Å². The van der Waals surface area contributed by atoms with Crippen LogP contribution in [-0.4, -0.2) is 5.75 Å². The second-order valence-corrected chi connectivity index (χ2v) is 3.15. The van der Waals surface area contributed by atoms with E-state index in [1.807, 2.05) is 0 Å². The Morgan fingerprint density at radius 1 is 1.27 bits per heavy atom. The van der Waals surface area contributed by atoms with Gasteiger partial charge in [0.1, 0.15) is 0 Å². The summed E-state index contributed by atoms with van der Waals surface area (Å²) >= 11 is 4.25. The van der Waals surface area contributed by atoms with E-state index >= 15 is 0 Å². The molecule has 11 heavy (non-hydrogen) atoms. The van der Waals surface area contributed by atoms with E-state index in [1.165, 1.54) is 16.7 Å². The van der Waals surface area contributed by atoms with E-state index in [0.29, 0.717) is 0 Å². The molecule has 0 amide bonds. The van der Waals surface area contributed by atoms with Crippen molar-refractivity contribution in [3.05, 3.63) is 41.0 Å². The second-order valence-electron chi connectivity index (χ2n) is 2.84. The number of thiol groups is 1. The van der Waals surface area contributed by atoms with Crippen molar-refractivity contribution in [3.63, 3.8) is 0 Å². The fraction of sp³-hybridized carbons (Fsp3) is 0.200. The quantitative estimate of drug-likeness (QED) is 0.603. The molecule has 2 rings (SSSR count). The van der Waals surface area contributed by atoms with Crippen LogP contribution in [0.5, 0.6) is 0 Å². The molecule has 0 spiro atoms. The molecule has 1 heteroatoms. The maximum atomic E-state index is 4.25. The molecular weight excluding hydrogens is 152 g/mol. The fourth-order valence-electron chi connectivity index (χ4n) is 1.45. The van der Waals surface area contributed by atoms with E-state index in [-0.39, 0.29) is 0 Å². The summed E-state index contributed by atoms with van der Waals surface area (Å²) in [6, 6.07) is 8.51. The van der Waals surface area contributed by atoms with E-state index in [2.05, 4.69) is 43.0 Å². The van der Waals surface area contributed by atoms with Gasteiger partial charge in [0, 0.05) is 5.75 Å². The first-order chi connectivity index (χ1) is 5.40. The third kappa shape index (κ3) is 1.21. The summed E-state index contributed by atoms with van der Waals surface area (Å²) in [6.45, 7) is 0. The topological polar surface area (TPSA) is 0 Å². The molecule has 0 fully saturated rings. The standard InChI is InChI=1S/C10H10S/c11-7-8-5-9-3-1-2-4-10(9)6-8/h1-5,11H,6-7H2. The first kappa shape index (κ1) is 6.99. The fourth-order valence-corrected chi connectivity index (χ4v) is 1.66. The maximum Gasteiger partial charge on any atom is 0.0119 e. The first-order valence-electron chi connectivity index (χ1n) is 3.78. The van der Waals surface area contributed by atoms with Crippen molar-refractivity contribution in [1.82, 2.24) is 0 Å². The summed E-state index contributed by atoms with van der Waals surface area (Å²) in [6.07, 6.45) is 3.34. The summed E-state index contributed by atoms with van der Waals surface area (Å²) in [4.78, 5) is 0. The van der Waals surface area contributed by atoms with Gasteiger partial charge in [0.2, 0.25) is 0 Å². The van der Waals surface area contributed by atoms with Crippen molar-refractivity contribution in [2.75, 3.05) is 5.75 Å². The average molecular weight is 162 g/mol. The molecule has 0 radical (unpaired) electrons. The maximum absolute atomic E-state index is 4.25. The Morgan fingerprint density at radius 3 is 2.82 bits per heavy atom. The number of rotatable bonds is 1. The summed E-state index contributed by atoms with van der Waals surface area (Å²) in [5, 5.41) is 0. The third-order valence-electron chi connectivity index (χ3n) is 2.04. The molecule has 1 aromatic carbocycles. The predicted molar refractivity (Wildman–Crippen MR) is 52.0 cm³/mol. The van der Waals surface area contributed by atoms with Gasteiger partial charge in [0.05, 0.1) is 0 Å². The lowest BCUT2D eigenvalue weighted by atomic mass is 10.1. The van der Waals surface area contributed by atoms with E-state index in [9.17, 15) is 0 Å². The lowest BCUT2D eigenvalue weighted by Gasteiger charge is -1.95. The van der Waals surface area contributed by atoms with Gasteiger partial charge < -0.3 is 0 Å². The van der Waals surface area contributed by atoms with Crippen LogP contribution in [0.3, 0.4) is 0 Å². The molecule has 0 saturated carbocycles. The smallest absolute Gasteiger partial charge is 0.0119 e. The molecule has 0 atom stereocenters. The second kappa shape index (κ2) is 2.74. The highest BCUT2D eigenvalue weighted by Crippen LogP contribution is 2.24. The molecule has 1 aliphatic rings. The molecule has 0 nitrogen and oxygen atoms in total. The first-order valence-corrected chi connectivity index (χ1v) is 4.41. The Labute approximate surface area is 72.4 Å². The Balaban J connectivity index is 2.39. The van der Waals surface area contributed by atoms with Gasteiger partial charge in [0.25, 0.3) is 0 Å². The summed E-state index contributed by atoms with van der Waals surface area (Å²) < 4.78 is 0. The number of benzene rings is 1. The molecule has 1 aromatic rings. The Kier molecular flexibility index (Phi) is 1.74. The molecule has 56 valence electrons. The molecule has 0 bridgehead atoms. The summed E-state index contributed by atoms with van der Waals surface area (Å²) in [5.41, 5.74) is 4.24. The zero-order valence-electron chi connectivity index (χ0n) is 6.25. The van der Waals surface area contributed by atoms with E-state index in [0.717, 1.165) is 12.2 Å². The van der Waals surface area contributed by atoms with Gasteiger partial charge in [0.15, 0.2) is 0 Å². The molecule has 0 aliphatic heterocycles. The SMILES string of the molecule is SCC1=Cc2ccccc2C1. The van der Waals surface area contributed by atoms with Gasteiger partial charge in [-0.1, -0.05) is 35.9 Å². The molecule has 0 heterocycles. The van der Waals surface area contributed by atoms with Gasteiger partial charge >= 0.3 is 0 Å². The highest BCUT2D eigenvalue weighted by atomic mass is 32.1. The molecule has 0 aromatic heterocycles. The molecule has 0 N–H and O–H groups in total. The predicted octanol–water partition coefficient (Wildman–Crippen LogP) is 2.56. The molecule has 1 aliphatic carbocycles. The Bertz CT molecular complexity index is 299. The van der Waals surface area contributed by atoms with Crippen LogP contribution >= 0.6 is 12.6 Å². The largest absolute Gasteiger partial charge is 0.175 e. The normalized spacial score (nSPS) is 14.5. The zero-order valence-corrected chi connectivity index (χ0v) is 7.14. The van der Waals surface area contributed by atoms with Crippen LogP contribution in [0, 0.1) is 0 Å². The number of hydrogen-bond acceptors (Lipinski definition) is 1. The zero-order chi connectivity index (χ0) is 7.68. The van der Waals surface area contributed by atoms with E-state index in [1.54, 1.807) is 0 Å². The van der Waals surface area contributed by atoms with Gasteiger partial charge in [-0.15, -0.1) is 0 Å². The molecule has 0 unspecified atom stereocenters. The van der Waals surface area contributed by atoms with Gasteiger partial charge in [-0.2, -0.15) is 12.6 Å². The lowest BCUT2D eigenvalue weighted by molar-refractivity contribution is 1.21. The van der Waals surface area contributed by atoms with Gasteiger partial charge in [-0.3, -0.25) is 0 Å². The van der Waals surface area contributed by atoms with Crippen molar-refractivity contribution in [3.8, 4) is 0 Å². The molecule has 0 saturated heterocycles. The van der Waals surface area contributed by atoms with Crippen molar-refractivity contribution >= 4 is 18.7 Å². The minimum atomic E-state index is 0.884. The van der Waals surface area contributed by atoms with E-state index < -0.39 is 0 Å². The van der Waals surface area contributed by atoms with Gasteiger partial charge in [-0.25, -0.2) is 0 Å². The minimum absolute atomic E-state index is 0.884. The lowest BCUT2D eigenvalue weighted by Crippen LogP contribution is -1.84. The average Bonchev–Trinajstić information content (AvgIpc) is 2.46. The number of fused-ring (bicyclic) bond motifs is 1.